The number of aliphatic hydroxyl groups excluding tert-OH is 1. The van der Waals surface area contributed by atoms with E-state index in [0.717, 1.165) is 5.56 Å². The van der Waals surface area contributed by atoms with Gasteiger partial charge in [-0.25, -0.2) is 8.42 Å². The van der Waals surface area contributed by atoms with Gasteiger partial charge in [0.05, 0.1) is 0 Å². The third-order valence-corrected chi connectivity index (χ3v) is 5.92. The summed E-state index contributed by atoms with van der Waals surface area (Å²) >= 11 is 0. The van der Waals surface area contributed by atoms with Crippen molar-refractivity contribution in [2.75, 3.05) is 4.72 Å². The lowest BCUT2D eigenvalue weighted by Gasteiger charge is -2.32. The maximum Gasteiger partial charge on any atom is 0.246 e. The molecule has 2 aromatic rings. The van der Waals surface area contributed by atoms with Gasteiger partial charge >= 0.3 is 0 Å². The SMILES string of the molecule is CC1NC(O)NC(=O)C1S(=O)(=O)Nc1ccc(OCc2ccccc2)cc1. The van der Waals surface area contributed by atoms with E-state index in [1.165, 1.54) is 6.92 Å². The lowest BCUT2D eigenvalue weighted by atomic mass is 10.2. The predicted octanol–water partition coefficient (Wildman–Crippen LogP) is 0.760. The summed E-state index contributed by atoms with van der Waals surface area (Å²) in [6.07, 6.45) is -1.26. The zero-order valence-corrected chi connectivity index (χ0v) is 15.4. The smallest absolute Gasteiger partial charge is 0.246 e. The van der Waals surface area contributed by atoms with Gasteiger partial charge in [0.1, 0.15) is 12.4 Å². The molecule has 4 N–H and O–H groups in total. The number of carbonyl (C=O) groups is 1. The van der Waals surface area contributed by atoms with Crippen LogP contribution in [0.15, 0.2) is 54.6 Å². The highest BCUT2D eigenvalue weighted by Crippen LogP contribution is 2.20. The zero-order chi connectivity index (χ0) is 19.4. The maximum absolute atomic E-state index is 12.6. The third-order valence-electron chi connectivity index (χ3n) is 4.11. The van der Waals surface area contributed by atoms with Crippen LogP contribution in [0, 0.1) is 0 Å². The van der Waals surface area contributed by atoms with Gasteiger partial charge in [0.25, 0.3) is 0 Å². The lowest BCUT2D eigenvalue weighted by molar-refractivity contribution is -0.127. The van der Waals surface area contributed by atoms with Crippen LogP contribution in [0.3, 0.4) is 0 Å². The standard InChI is InChI=1S/C18H21N3O5S/c1-12-16(17(22)20-18(23)19-12)27(24,25)21-14-7-9-15(10-8-14)26-11-13-5-3-2-4-6-13/h2-10,12,16,18-19,21,23H,11H2,1H3,(H,20,22). The maximum atomic E-state index is 12.6. The van der Waals surface area contributed by atoms with E-state index >= 15 is 0 Å². The Morgan fingerprint density at radius 2 is 1.78 bits per heavy atom. The van der Waals surface area contributed by atoms with Gasteiger partial charge in [-0.2, -0.15) is 0 Å². The van der Waals surface area contributed by atoms with Crippen molar-refractivity contribution >= 4 is 21.6 Å². The zero-order valence-electron chi connectivity index (χ0n) is 14.6. The summed E-state index contributed by atoms with van der Waals surface area (Å²) in [5.41, 5.74) is 1.34. The van der Waals surface area contributed by atoms with Gasteiger partial charge in [-0.1, -0.05) is 30.3 Å². The first-order valence-electron chi connectivity index (χ1n) is 8.38. The number of carbonyl (C=O) groups excluding carboxylic acids is 1. The summed E-state index contributed by atoms with van der Waals surface area (Å²) in [4.78, 5) is 12.0. The average Bonchev–Trinajstić information content (AvgIpc) is 2.60. The van der Waals surface area contributed by atoms with Gasteiger partial charge in [0, 0.05) is 11.7 Å². The molecule has 0 aromatic heterocycles. The number of nitrogens with one attached hydrogen (secondary N) is 3. The molecule has 2 aromatic carbocycles. The number of hydrogen-bond donors (Lipinski definition) is 4. The Bertz CT molecular complexity index is 887. The second kappa shape index (κ2) is 7.95. The Kier molecular flexibility index (Phi) is 5.64. The highest BCUT2D eigenvalue weighted by Gasteiger charge is 2.42. The van der Waals surface area contributed by atoms with Crippen LogP contribution in [0.2, 0.25) is 0 Å². The largest absolute Gasteiger partial charge is 0.489 e. The molecule has 1 amide bonds. The number of hydrogen-bond acceptors (Lipinski definition) is 6. The number of benzene rings is 2. The Morgan fingerprint density at radius 3 is 2.41 bits per heavy atom. The molecule has 0 radical (unpaired) electrons. The van der Waals surface area contributed by atoms with E-state index in [-0.39, 0.29) is 0 Å². The Hall–Kier alpha value is -2.62. The van der Waals surface area contributed by atoms with Gasteiger partial charge in [-0.3, -0.25) is 14.8 Å². The summed E-state index contributed by atoms with van der Waals surface area (Å²) in [5, 5.41) is 12.8. The molecule has 0 aliphatic carbocycles. The van der Waals surface area contributed by atoms with Gasteiger partial charge in [-0.05, 0) is 36.8 Å². The molecule has 9 heteroatoms. The Morgan fingerprint density at radius 1 is 1.11 bits per heavy atom. The van der Waals surface area contributed by atoms with Gasteiger partial charge in [-0.15, -0.1) is 0 Å². The summed E-state index contributed by atoms with van der Waals surface area (Å²) in [5.74, 6) is -0.167. The molecule has 1 heterocycles. The molecule has 0 saturated carbocycles. The van der Waals surface area contributed by atoms with E-state index in [4.69, 9.17) is 4.74 Å². The predicted molar refractivity (Wildman–Crippen MR) is 100 cm³/mol. The highest BCUT2D eigenvalue weighted by atomic mass is 32.2. The molecule has 0 bridgehead atoms. The number of amides is 1. The summed E-state index contributed by atoms with van der Waals surface area (Å²) in [6, 6.07) is 15.3. The van der Waals surface area contributed by atoms with Crippen LogP contribution in [-0.2, 0) is 21.4 Å². The van der Waals surface area contributed by atoms with Crippen LogP contribution < -0.4 is 20.1 Å². The van der Waals surface area contributed by atoms with Crippen molar-refractivity contribution in [3.63, 3.8) is 0 Å². The van der Waals surface area contributed by atoms with Crippen LogP contribution in [-0.4, -0.2) is 37.1 Å². The van der Waals surface area contributed by atoms with Crippen LogP contribution in [0.25, 0.3) is 0 Å². The minimum absolute atomic E-state index is 0.313. The van der Waals surface area contributed by atoms with Crippen LogP contribution in [0.5, 0.6) is 5.75 Å². The van der Waals surface area contributed by atoms with Crippen LogP contribution in [0.1, 0.15) is 12.5 Å². The number of anilines is 1. The number of ether oxygens (including phenoxy) is 1. The fraction of sp³-hybridized carbons (Fsp3) is 0.278. The van der Waals surface area contributed by atoms with Crippen LogP contribution >= 0.6 is 0 Å². The third kappa shape index (κ3) is 4.76. The molecule has 1 fully saturated rings. The van der Waals surface area contributed by atoms with Crippen molar-refractivity contribution < 1.29 is 23.1 Å². The minimum atomic E-state index is -4.00. The van der Waals surface area contributed by atoms with Gasteiger partial charge < -0.3 is 15.2 Å². The number of sulfonamides is 1. The summed E-state index contributed by atoms with van der Waals surface area (Å²) in [7, 11) is -4.00. The van der Waals surface area contributed by atoms with E-state index in [1.54, 1.807) is 24.3 Å². The van der Waals surface area contributed by atoms with E-state index in [9.17, 15) is 18.3 Å². The Labute approximate surface area is 157 Å². The van der Waals surface area contributed by atoms with Crippen molar-refractivity contribution in [2.24, 2.45) is 0 Å². The fourth-order valence-electron chi connectivity index (χ4n) is 2.82. The van der Waals surface area contributed by atoms with Crippen molar-refractivity contribution in [1.29, 1.82) is 0 Å². The van der Waals surface area contributed by atoms with Gasteiger partial charge in [0.2, 0.25) is 15.9 Å². The average molecular weight is 391 g/mol. The van der Waals surface area contributed by atoms with Crippen molar-refractivity contribution in [3.8, 4) is 5.75 Å². The summed E-state index contributed by atoms with van der Waals surface area (Å²) in [6.45, 7) is 1.92. The molecular weight excluding hydrogens is 370 g/mol. The highest BCUT2D eigenvalue weighted by molar-refractivity contribution is 7.94. The van der Waals surface area contributed by atoms with Crippen molar-refractivity contribution in [1.82, 2.24) is 10.6 Å². The molecule has 3 atom stereocenters. The molecule has 1 aliphatic rings. The first-order valence-corrected chi connectivity index (χ1v) is 9.93. The quantitative estimate of drug-likeness (QED) is 0.578. The van der Waals surface area contributed by atoms with E-state index in [2.05, 4.69) is 15.4 Å². The number of rotatable bonds is 6. The van der Waals surface area contributed by atoms with E-state index in [1.807, 2.05) is 30.3 Å². The molecule has 8 nitrogen and oxygen atoms in total. The van der Waals surface area contributed by atoms with Crippen molar-refractivity contribution in [2.45, 2.75) is 31.2 Å². The molecular formula is C18H21N3O5S. The van der Waals surface area contributed by atoms with E-state index < -0.39 is 33.6 Å². The first kappa shape index (κ1) is 19.2. The molecule has 0 spiro atoms. The topological polar surface area (TPSA) is 117 Å². The molecule has 3 unspecified atom stereocenters. The Balaban J connectivity index is 1.64. The molecule has 27 heavy (non-hydrogen) atoms. The second-order valence-electron chi connectivity index (χ2n) is 6.23. The molecule has 144 valence electrons. The molecule has 1 aliphatic heterocycles. The molecule has 1 saturated heterocycles. The minimum Gasteiger partial charge on any atom is -0.489 e. The second-order valence-corrected chi connectivity index (χ2v) is 8.03. The summed E-state index contributed by atoms with van der Waals surface area (Å²) < 4.78 is 33.2. The fourth-order valence-corrected chi connectivity index (χ4v) is 4.38. The lowest BCUT2D eigenvalue weighted by Crippen LogP contribution is -2.65. The van der Waals surface area contributed by atoms with Crippen LogP contribution in [0.4, 0.5) is 5.69 Å². The van der Waals surface area contributed by atoms with Crippen molar-refractivity contribution in [3.05, 3.63) is 60.2 Å². The van der Waals surface area contributed by atoms with E-state index in [0.29, 0.717) is 18.0 Å². The number of aliphatic hydroxyl groups is 1. The monoisotopic (exact) mass is 391 g/mol. The molecule has 3 rings (SSSR count). The normalized spacial score (nSPS) is 22.7. The van der Waals surface area contributed by atoms with Gasteiger partial charge in [0.15, 0.2) is 11.6 Å². The first-order chi connectivity index (χ1) is 12.8.